The lowest BCUT2D eigenvalue weighted by atomic mass is 10.1. The van der Waals surface area contributed by atoms with Crippen LogP contribution in [0.5, 0.6) is 23.0 Å². The van der Waals surface area contributed by atoms with Crippen molar-refractivity contribution in [3.8, 4) is 23.0 Å². The van der Waals surface area contributed by atoms with Crippen LogP contribution >= 0.6 is 0 Å². The first-order chi connectivity index (χ1) is 24.7. The molecule has 8 heteroatoms. The van der Waals surface area contributed by atoms with Gasteiger partial charge >= 0.3 is 0 Å². The van der Waals surface area contributed by atoms with E-state index >= 15 is 0 Å². The van der Waals surface area contributed by atoms with Crippen LogP contribution in [0.1, 0.15) is 24.0 Å². The van der Waals surface area contributed by atoms with Crippen molar-refractivity contribution in [3.05, 3.63) is 108 Å². The van der Waals surface area contributed by atoms with Gasteiger partial charge < -0.3 is 28.7 Å². The largest absolute Gasteiger partial charge is 0.495 e. The molecule has 8 nitrogen and oxygen atoms in total. The van der Waals surface area contributed by atoms with Gasteiger partial charge in [0.25, 0.3) is 0 Å². The van der Waals surface area contributed by atoms with E-state index in [1.165, 1.54) is 22.5 Å². The predicted molar refractivity (Wildman–Crippen MR) is 204 cm³/mol. The summed E-state index contributed by atoms with van der Waals surface area (Å²) >= 11 is 0. The molecule has 2 fully saturated rings. The van der Waals surface area contributed by atoms with Crippen molar-refractivity contribution in [1.29, 1.82) is 0 Å². The first-order valence-corrected chi connectivity index (χ1v) is 18.3. The molecule has 266 valence electrons. The Kier molecular flexibility index (Phi) is 13.1. The van der Waals surface area contributed by atoms with E-state index < -0.39 is 0 Å². The first kappa shape index (κ1) is 35.4. The van der Waals surface area contributed by atoms with Crippen molar-refractivity contribution in [2.24, 2.45) is 0 Å². The monoisotopic (exact) mass is 678 g/mol. The Morgan fingerprint density at radius 2 is 0.900 bits per heavy atom. The summed E-state index contributed by atoms with van der Waals surface area (Å²) in [5.41, 5.74) is 5.04. The van der Waals surface area contributed by atoms with Gasteiger partial charge in [-0.05, 0) is 85.3 Å². The second kappa shape index (κ2) is 18.6. The number of unbranched alkanes of at least 4 members (excludes halogenated alkanes) is 1. The number of nitrogens with zero attached hydrogens (tertiary/aromatic N) is 4. The summed E-state index contributed by atoms with van der Waals surface area (Å²) in [6.45, 7) is 11.8. The Balaban J connectivity index is 0.836. The minimum absolute atomic E-state index is 0.697. The van der Waals surface area contributed by atoms with E-state index in [-0.39, 0.29) is 0 Å². The number of hydrogen-bond donors (Lipinski definition) is 0. The second-order valence-electron chi connectivity index (χ2n) is 13.2. The van der Waals surface area contributed by atoms with E-state index in [9.17, 15) is 0 Å². The Labute approximate surface area is 299 Å². The molecule has 0 spiro atoms. The third-order valence-corrected chi connectivity index (χ3v) is 9.90. The highest BCUT2D eigenvalue weighted by molar-refractivity contribution is 5.59. The predicted octanol–water partition coefficient (Wildman–Crippen LogP) is 6.67. The fraction of sp³-hybridized carbons (Fsp3) is 0.429. The highest BCUT2D eigenvalue weighted by Gasteiger charge is 2.20. The van der Waals surface area contributed by atoms with Gasteiger partial charge in [0, 0.05) is 65.4 Å². The van der Waals surface area contributed by atoms with Gasteiger partial charge in [-0.2, -0.15) is 0 Å². The summed E-state index contributed by atoms with van der Waals surface area (Å²) in [6, 6.07) is 33.8. The van der Waals surface area contributed by atoms with E-state index in [0.29, 0.717) is 13.2 Å². The number of rotatable bonds is 17. The number of benzene rings is 4. The van der Waals surface area contributed by atoms with Crippen LogP contribution in [-0.4, -0.2) is 103 Å². The van der Waals surface area contributed by atoms with E-state index in [4.69, 9.17) is 18.9 Å². The topological polar surface area (TPSA) is 49.9 Å². The smallest absolute Gasteiger partial charge is 0.142 e. The molecule has 0 atom stereocenters. The van der Waals surface area contributed by atoms with Crippen LogP contribution < -0.4 is 28.7 Å². The van der Waals surface area contributed by atoms with Crippen LogP contribution in [0, 0.1) is 0 Å². The molecule has 4 aromatic carbocycles. The van der Waals surface area contributed by atoms with Crippen LogP contribution in [0.15, 0.2) is 97.1 Å². The third kappa shape index (κ3) is 10.1. The number of para-hydroxylation sites is 4. The summed E-state index contributed by atoms with van der Waals surface area (Å²) in [5, 5.41) is 0. The normalized spacial score (nSPS) is 15.6. The molecule has 0 bridgehead atoms. The standard InChI is InChI=1S/C42H54N4O4/c1-47-41-17-5-3-15-39(41)45-27-23-43(24-28-45)21-19-35-11-9-13-37(33-35)49-31-7-8-32-50-38-14-10-12-36(34-38)20-22-44-25-29-46(30-26-44)40-16-4-6-18-42(40)48-2/h3-6,9-18,33-34H,7-8,19-32H2,1-2H3. The molecule has 0 amide bonds. The van der Waals surface area contributed by atoms with Gasteiger partial charge in [-0.15, -0.1) is 0 Å². The lowest BCUT2D eigenvalue weighted by molar-refractivity contribution is 0.258. The Bertz CT molecular complexity index is 1480. The third-order valence-electron chi connectivity index (χ3n) is 9.90. The van der Waals surface area contributed by atoms with E-state index in [2.05, 4.69) is 92.4 Å². The van der Waals surface area contributed by atoms with Gasteiger partial charge in [0.2, 0.25) is 0 Å². The van der Waals surface area contributed by atoms with Crippen LogP contribution in [-0.2, 0) is 12.8 Å². The fourth-order valence-corrected chi connectivity index (χ4v) is 6.95. The van der Waals surface area contributed by atoms with Crippen molar-refractivity contribution in [2.45, 2.75) is 25.7 Å². The number of ether oxygens (including phenoxy) is 4. The van der Waals surface area contributed by atoms with Crippen LogP contribution in [0.4, 0.5) is 11.4 Å². The van der Waals surface area contributed by atoms with Gasteiger partial charge in [0.05, 0.1) is 38.8 Å². The maximum atomic E-state index is 6.13. The average Bonchev–Trinajstić information content (AvgIpc) is 3.18. The van der Waals surface area contributed by atoms with E-state index in [1.54, 1.807) is 14.2 Å². The lowest BCUT2D eigenvalue weighted by Gasteiger charge is -2.36. The van der Waals surface area contributed by atoms with E-state index in [0.717, 1.165) is 114 Å². The number of hydrogen-bond acceptors (Lipinski definition) is 8. The minimum atomic E-state index is 0.697. The highest BCUT2D eigenvalue weighted by Crippen LogP contribution is 2.29. The van der Waals surface area contributed by atoms with E-state index in [1.807, 2.05) is 24.3 Å². The molecule has 0 saturated carbocycles. The van der Waals surface area contributed by atoms with Crippen LogP contribution in [0.3, 0.4) is 0 Å². The molecule has 2 heterocycles. The number of anilines is 2. The van der Waals surface area contributed by atoms with Crippen molar-refractivity contribution in [2.75, 3.05) is 103 Å². The van der Waals surface area contributed by atoms with Gasteiger partial charge in [-0.3, -0.25) is 9.80 Å². The Morgan fingerprint density at radius 3 is 1.32 bits per heavy atom. The molecule has 0 aliphatic carbocycles. The number of piperazine rings is 2. The first-order valence-electron chi connectivity index (χ1n) is 18.3. The summed E-state index contributed by atoms with van der Waals surface area (Å²) in [7, 11) is 3.50. The highest BCUT2D eigenvalue weighted by atomic mass is 16.5. The molecule has 2 saturated heterocycles. The number of methoxy groups -OCH3 is 2. The zero-order valence-corrected chi connectivity index (χ0v) is 30.0. The SMILES string of the molecule is COc1ccccc1N1CCN(CCc2cccc(OCCCCOc3cccc(CCN4CCN(c5ccccc5OC)CC4)c3)c2)CC1. The summed E-state index contributed by atoms with van der Waals surface area (Å²) < 4.78 is 23.4. The van der Waals surface area contributed by atoms with Gasteiger partial charge in [-0.25, -0.2) is 0 Å². The van der Waals surface area contributed by atoms with Crippen LogP contribution in [0.25, 0.3) is 0 Å². The lowest BCUT2D eigenvalue weighted by Crippen LogP contribution is -2.47. The average molecular weight is 679 g/mol. The molecule has 6 rings (SSSR count). The zero-order valence-electron chi connectivity index (χ0n) is 30.0. The van der Waals surface area contributed by atoms with Gasteiger partial charge in [0.15, 0.2) is 0 Å². The second-order valence-corrected chi connectivity index (χ2v) is 13.2. The maximum Gasteiger partial charge on any atom is 0.142 e. The van der Waals surface area contributed by atoms with Crippen molar-refractivity contribution >= 4 is 11.4 Å². The molecule has 50 heavy (non-hydrogen) atoms. The molecular weight excluding hydrogens is 624 g/mol. The Morgan fingerprint density at radius 1 is 0.480 bits per heavy atom. The molecule has 0 aromatic heterocycles. The molecule has 0 unspecified atom stereocenters. The fourth-order valence-electron chi connectivity index (χ4n) is 6.95. The van der Waals surface area contributed by atoms with Gasteiger partial charge in [0.1, 0.15) is 23.0 Å². The molecule has 2 aliphatic heterocycles. The summed E-state index contributed by atoms with van der Waals surface area (Å²) in [4.78, 5) is 9.98. The molecule has 2 aliphatic rings. The molecule has 4 aromatic rings. The van der Waals surface area contributed by atoms with Gasteiger partial charge in [-0.1, -0.05) is 48.5 Å². The Hall–Kier alpha value is -4.40. The van der Waals surface area contributed by atoms with Crippen molar-refractivity contribution in [3.63, 3.8) is 0 Å². The van der Waals surface area contributed by atoms with Crippen LogP contribution in [0.2, 0.25) is 0 Å². The quantitative estimate of drug-likeness (QED) is 0.115. The zero-order chi connectivity index (χ0) is 34.4. The summed E-state index contributed by atoms with van der Waals surface area (Å²) in [5.74, 6) is 3.82. The van der Waals surface area contributed by atoms with Crippen molar-refractivity contribution in [1.82, 2.24) is 9.80 Å². The minimum Gasteiger partial charge on any atom is -0.495 e. The molecule has 0 radical (unpaired) electrons. The molecule has 0 N–H and O–H groups in total. The molecular formula is C42H54N4O4. The summed E-state index contributed by atoms with van der Waals surface area (Å²) in [6.07, 6.45) is 3.97. The van der Waals surface area contributed by atoms with Crippen molar-refractivity contribution < 1.29 is 18.9 Å². The maximum absolute atomic E-state index is 6.13.